The van der Waals surface area contributed by atoms with E-state index in [1.54, 1.807) is 12.1 Å². The predicted octanol–water partition coefficient (Wildman–Crippen LogP) is 1.90. The lowest BCUT2D eigenvalue weighted by atomic mass is 10.0. The molecule has 1 aliphatic heterocycles. The number of carbonyl (C=O) groups excluding carboxylic acids is 1. The first kappa shape index (κ1) is 23.6. The van der Waals surface area contributed by atoms with Gasteiger partial charge in [-0.1, -0.05) is 13.8 Å². The predicted molar refractivity (Wildman–Crippen MR) is 115 cm³/mol. The molecule has 2 N–H and O–H groups in total. The van der Waals surface area contributed by atoms with Crippen molar-refractivity contribution in [2.75, 3.05) is 31.5 Å². The summed E-state index contributed by atoms with van der Waals surface area (Å²) in [5, 5.41) is 2.90. The van der Waals surface area contributed by atoms with Crippen molar-refractivity contribution in [1.82, 2.24) is 4.31 Å². The van der Waals surface area contributed by atoms with Gasteiger partial charge in [0.25, 0.3) is 5.91 Å². The lowest BCUT2D eigenvalue weighted by Crippen LogP contribution is -3.17. The molecule has 7 nitrogen and oxygen atoms in total. The first-order valence-electron chi connectivity index (χ1n) is 10.6. The second-order valence-electron chi connectivity index (χ2n) is 7.94. The summed E-state index contributed by atoms with van der Waals surface area (Å²) in [6, 6.07) is 5.13. The Hall–Kier alpha value is -1.64. The fourth-order valence-corrected chi connectivity index (χ4v) is 5.24. The molecule has 0 aromatic heterocycles. The normalized spacial score (nSPS) is 20.1. The van der Waals surface area contributed by atoms with E-state index in [0.717, 1.165) is 19.4 Å². The van der Waals surface area contributed by atoms with Crippen molar-refractivity contribution in [2.24, 2.45) is 0 Å². The maximum atomic E-state index is 12.9. The van der Waals surface area contributed by atoms with Crippen molar-refractivity contribution in [3.05, 3.63) is 18.2 Å². The molecule has 0 bridgehead atoms. The van der Waals surface area contributed by atoms with Crippen LogP contribution in [0.1, 0.15) is 53.9 Å². The third-order valence-electron chi connectivity index (χ3n) is 5.40. The maximum absolute atomic E-state index is 12.9. The van der Waals surface area contributed by atoms with Gasteiger partial charge < -0.3 is 15.0 Å². The van der Waals surface area contributed by atoms with Gasteiger partial charge in [0.15, 0.2) is 6.54 Å². The number of nitrogens with one attached hydrogen (secondary N) is 2. The monoisotopic (exact) mass is 426 g/mol. The Morgan fingerprint density at radius 2 is 1.97 bits per heavy atom. The number of rotatable bonds is 9. The highest BCUT2D eigenvalue weighted by molar-refractivity contribution is 7.89. The molecule has 2 rings (SSSR count). The zero-order valence-electron chi connectivity index (χ0n) is 18.3. The number of benzene rings is 1. The summed E-state index contributed by atoms with van der Waals surface area (Å²) in [4.78, 5) is 14.2. The number of hydrogen-bond acceptors (Lipinski definition) is 4. The molecule has 1 aromatic rings. The smallest absolute Gasteiger partial charge is 0.279 e. The van der Waals surface area contributed by atoms with Crippen molar-refractivity contribution in [1.29, 1.82) is 0 Å². The summed E-state index contributed by atoms with van der Waals surface area (Å²) in [7, 11) is -3.62. The zero-order chi connectivity index (χ0) is 21.6. The van der Waals surface area contributed by atoms with Gasteiger partial charge in [-0.2, -0.15) is 4.31 Å². The Kier molecular flexibility index (Phi) is 8.48. The number of sulfonamides is 1. The fourth-order valence-electron chi connectivity index (χ4n) is 3.75. The molecule has 0 radical (unpaired) electrons. The van der Waals surface area contributed by atoms with Gasteiger partial charge in [0.2, 0.25) is 10.0 Å². The molecule has 0 spiro atoms. The van der Waals surface area contributed by atoms with Crippen molar-refractivity contribution in [3.8, 4) is 5.75 Å². The average molecular weight is 427 g/mol. The van der Waals surface area contributed by atoms with E-state index in [-0.39, 0.29) is 16.9 Å². The van der Waals surface area contributed by atoms with Crippen molar-refractivity contribution in [2.45, 2.75) is 70.9 Å². The molecule has 8 heteroatoms. The van der Waals surface area contributed by atoms with Gasteiger partial charge in [0.05, 0.1) is 29.3 Å². The highest BCUT2D eigenvalue weighted by Crippen LogP contribution is 2.30. The minimum Gasteiger partial charge on any atom is -0.489 e. The summed E-state index contributed by atoms with van der Waals surface area (Å²) < 4.78 is 33.0. The standard InChI is InChI=1S/C21H35N3O4S/c1-6-24(7-2)29(26,27)18-11-12-20(28-16(3)4)19(14-18)22-21(25)15-23-13-9-8-10-17(23)5/h11-12,14,16-17H,6-10,13,15H2,1-5H3,(H,22,25)/p+1/t17-/m0/s1. The van der Waals surface area contributed by atoms with Crippen molar-refractivity contribution < 1.29 is 22.8 Å². The summed E-state index contributed by atoms with van der Waals surface area (Å²) in [6.45, 7) is 11.7. The van der Waals surface area contributed by atoms with Crippen LogP contribution >= 0.6 is 0 Å². The van der Waals surface area contributed by atoms with E-state index in [1.807, 2.05) is 27.7 Å². The van der Waals surface area contributed by atoms with Crippen LogP contribution in [0.25, 0.3) is 0 Å². The first-order chi connectivity index (χ1) is 13.7. The van der Waals surface area contributed by atoms with Gasteiger partial charge >= 0.3 is 0 Å². The van der Waals surface area contributed by atoms with E-state index < -0.39 is 10.0 Å². The van der Waals surface area contributed by atoms with Crippen LogP contribution in [0, 0.1) is 0 Å². The highest BCUT2D eigenvalue weighted by atomic mass is 32.2. The zero-order valence-corrected chi connectivity index (χ0v) is 19.1. The van der Waals surface area contributed by atoms with Crippen LogP contribution in [-0.2, 0) is 14.8 Å². The number of nitrogens with zero attached hydrogens (tertiary/aromatic N) is 1. The van der Waals surface area contributed by atoms with Gasteiger partial charge in [-0.3, -0.25) is 4.79 Å². The van der Waals surface area contributed by atoms with E-state index in [9.17, 15) is 13.2 Å². The molecular weight excluding hydrogens is 390 g/mol. The Morgan fingerprint density at radius 1 is 1.28 bits per heavy atom. The van der Waals surface area contributed by atoms with E-state index >= 15 is 0 Å². The minimum absolute atomic E-state index is 0.0939. The summed E-state index contributed by atoms with van der Waals surface area (Å²) in [5.41, 5.74) is 0.404. The molecule has 1 saturated heterocycles. The van der Waals surface area contributed by atoms with Gasteiger partial charge in [0.1, 0.15) is 5.75 Å². The molecule has 1 fully saturated rings. The Labute approximate surface area is 175 Å². The number of piperidine rings is 1. The number of carbonyl (C=O) groups is 1. The summed E-state index contributed by atoms with van der Waals surface area (Å²) in [6.07, 6.45) is 3.38. The van der Waals surface area contributed by atoms with E-state index in [1.165, 1.54) is 21.7 Å². The van der Waals surface area contributed by atoms with Gasteiger partial charge in [0, 0.05) is 13.1 Å². The maximum Gasteiger partial charge on any atom is 0.279 e. The summed E-state index contributed by atoms with van der Waals surface area (Å²) >= 11 is 0. The molecule has 1 amide bonds. The quantitative estimate of drug-likeness (QED) is 0.632. The molecule has 1 heterocycles. The molecule has 1 unspecified atom stereocenters. The topological polar surface area (TPSA) is 80.2 Å². The van der Waals surface area contributed by atoms with Crippen molar-refractivity contribution in [3.63, 3.8) is 0 Å². The van der Waals surface area contributed by atoms with Crippen LogP contribution in [0.2, 0.25) is 0 Å². The Morgan fingerprint density at radius 3 is 2.55 bits per heavy atom. The van der Waals surface area contributed by atoms with Crippen LogP contribution in [0.4, 0.5) is 5.69 Å². The molecular formula is C21H36N3O4S+. The molecule has 0 aliphatic carbocycles. The van der Waals surface area contributed by atoms with Gasteiger partial charge in [-0.15, -0.1) is 0 Å². The van der Waals surface area contributed by atoms with Gasteiger partial charge in [-0.05, 0) is 58.2 Å². The van der Waals surface area contributed by atoms with Crippen LogP contribution in [-0.4, -0.2) is 57.0 Å². The lowest BCUT2D eigenvalue weighted by molar-refractivity contribution is -0.920. The molecule has 1 aromatic carbocycles. The fraction of sp³-hybridized carbons (Fsp3) is 0.667. The molecule has 0 saturated carbocycles. The number of likely N-dealkylation sites (tertiary alicyclic amines) is 1. The Bertz CT molecular complexity index is 791. The van der Waals surface area contributed by atoms with E-state index in [2.05, 4.69) is 12.2 Å². The Balaban J connectivity index is 2.28. The van der Waals surface area contributed by atoms with Crippen LogP contribution in [0.15, 0.2) is 23.1 Å². The largest absolute Gasteiger partial charge is 0.489 e. The average Bonchev–Trinajstić information content (AvgIpc) is 2.65. The number of hydrogen-bond donors (Lipinski definition) is 2. The van der Waals surface area contributed by atoms with Crippen LogP contribution < -0.4 is 15.0 Å². The molecule has 1 aliphatic rings. The summed E-state index contributed by atoms with van der Waals surface area (Å²) in [5.74, 6) is 0.355. The van der Waals surface area contributed by atoms with E-state index in [4.69, 9.17) is 4.74 Å². The second kappa shape index (κ2) is 10.4. The third-order valence-corrected chi connectivity index (χ3v) is 7.45. The van der Waals surface area contributed by atoms with Gasteiger partial charge in [-0.25, -0.2) is 8.42 Å². The number of ether oxygens (including phenoxy) is 1. The third kappa shape index (κ3) is 6.17. The number of quaternary nitrogens is 1. The second-order valence-corrected chi connectivity index (χ2v) is 9.88. The molecule has 29 heavy (non-hydrogen) atoms. The number of amides is 1. The van der Waals surface area contributed by atoms with E-state index in [0.29, 0.717) is 37.1 Å². The van der Waals surface area contributed by atoms with Crippen LogP contribution in [0.3, 0.4) is 0 Å². The highest BCUT2D eigenvalue weighted by Gasteiger charge is 2.26. The molecule has 2 atom stereocenters. The van der Waals surface area contributed by atoms with Crippen LogP contribution in [0.5, 0.6) is 5.75 Å². The lowest BCUT2D eigenvalue weighted by Gasteiger charge is -2.29. The molecule has 164 valence electrons. The SMILES string of the molecule is CCN(CC)S(=O)(=O)c1ccc(OC(C)C)c(NC(=O)C[NH+]2CCCC[C@@H]2C)c1. The minimum atomic E-state index is -3.62. The van der Waals surface area contributed by atoms with Crippen molar-refractivity contribution >= 4 is 21.6 Å². The first-order valence-corrected chi connectivity index (χ1v) is 12.1. The number of anilines is 1.